The van der Waals surface area contributed by atoms with E-state index < -0.39 is 9.84 Å². The van der Waals surface area contributed by atoms with Crippen molar-refractivity contribution in [2.24, 2.45) is 5.92 Å². The number of sulfone groups is 1. The molecule has 2 atom stereocenters. The minimum atomic E-state index is -3.16. The normalized spacial score (nSPS) is 21.7. The van der Waals surface area contributed by atoms with E-state index in [0.717, 1.165) is 5.56 Å². The summed E-state index contributed by atoms with van der Waals surface area (Å²) in [5, 5.41) is 2.71. The molecule has 0 spiro atoms. The lowest BCUT2D eigenvalue weighted by Crippen LogP contribution is -2.39. The van der Waals surface area contributed by atoms with E-state index in [2.05, 4.69) is 16.2 Å². The van der Waals surface area contributed by atoms with E-state index in [1.54, 1.807) is 0 Å². The van der Waals surface area contributed by atoms with Gasteiger partial charge in [-0.15, -0.1) is 0 Å². The summed E-state index contributed by atoms with van der Waals surface area (Å²) in [5.41, 5.74) is 6.89. The van der Waals surface area contributed by atoms with Gasteiger partial charge in [0.2, 0.25) is 5.91 Å². The largest absolute Gasteiger partial charge is 0.355 e. The summed E-state index contributed by atoms with van der Waals surface area (Å²) in [6, 6.07) is 9.58. The maximum absolute atomic E-state index is 12.0. The maximum Gasteiger partial charge on any atom is 0.226 e. The van der Waals surface area contributed by atoms with Gasteiger partial charge in [0.05, 0.1) is 17.4 Å². The first-order valence-electron chi connectivity index (χ1n) is 7.48. The van der Waals surface area contributed by atoms with Gasteiger partial charge in [0.15, 0.2) is 9.84 Å². The van der Waals surface area contributed by atoms with Gasteiger partial charge in [-0.05, 0) is 18.9 Å². The summed E-state index contributed by atoms with van der Waals surface area (Å²) < 4.78 is 24.0. The molecule has 2 unspecified atom stereocenters. The zero-order chi connectivity index (χ0) is 16.0. The lowest BCUT2D eigenvalue weighted by Gasteiger charge is -2.13. The Labute approximate surface area is 131 Å². The van der Waals surface area contributed by atoms with Gasteiger partial charge in [0.25, 0.3) is 0 Å². The molecule has 1 amide bonds. The van der Waals surface area contributed by atoms with Gasteiger partial charge in [0, 0.05) is 19.1 Å². The van der Waals surface area contributed by atoms with E-state index >= 15 is 0 Å². The molecule has 1 aromatic rings. The molecule has 0 aliphatic carbocycles. The fourth-order valence-electron chi connectivity index (χ4n) is 2.41. The first-order chi connectivity index (χ1) is 10.5. The molecule has 1 aromatic carbocycles. The van der Waals surface area contributed by atoms with E-state index in [9.17, 15) is 13.2 Å². The van der Waals surface area contributed by atoms with Crippen molar-refractivity contribution >= 4 is 15.7 Å². The Morgan fingerprint density at radius 1 is 1.27 bits per heavy atom. The standard InChI is InChI=1S/C15H23N3O3S/c1-12-14(11-17-18-12)15(19)16-8-10-22(20,21)9-7-13-5-3-2-4-6-13/h2-6,12,14,17-18H,7-11H2,1H3,(H,16,19). The molecule has 1 heterocycles. The molecule has 122 valence electrons. The Morgan fingerprint density at radius 3 is 2.64 bits per heavy atom. The number of benzene rings is 1. The number of rotatable bonds is 7. The molecule has 0 radical (unpaired) electrons. The number of aryl methyl sites for hydroxylation is 1. The van der Waals surface area contributed by atoms with Gasteiger partial charge in [-0.25, -0.2) is 8.42 Å². The van der Waals surface area contributed by atoms with Crippen LogP contribution < -0.4 is 16.2 Å². The SMILES string of the molecule is CC1NNCC1C(=O)NCCS(=O)(=O)CCc1ccccc1. The molecule has 2 rings (SSSR count). The highest BCUT2D eigenvalue weighted by Gasteiger charge is 2.29. The van der Waals surface area contributed by atoms with Gasteiger partial charge in [0.1, 0.15) is 0 Å². The molecule has 1 fully saturated rings. The fraction of sp³-hybridized carbons (Fsp3) is 0.533. The summed E-state index contributed by atoms with van der Waals surface area (Å²) in [6.07, 6.45) is 0.505. The van der Waals surface area contributed by atoms with Crippen LogP contribution in [0.2, 0.25) is 0 Å². The van der Waals surface area contributed by atoms with E-state index in [1.807, 2.05) is 37.3 Å². The third-order valence-electron chi connectivity index (χ3n) is 3.85. The lowest BCUT2D eigenvalue weighted by atomic mass is 10.0. The molecule has 1 aliphatic heterocycles. The number of hydrazine groups is 1. The van der Waals surface area contributed by atoms with Crippen LogP contribution in [0.25, 0.3) is 0 Å². The number of carbonyl (C=O) groups excluding carboxylic acids is 1. The van der Waals surface area contributed by atoms with E-state index in [1.165, 1.54) is 0 Å². The third kappa shape index (κ3) is 5.08. The van der Waals surface area contributed by atoms with Crippen molar-refractivity contribution in [1.29, 1.82) is 0 Å². The Hall–Kier alpha value is -1.44. The van der Waals surface area contributed by atoms with Crippen LogP contribution in [-0.2, 0) is 21.1 Å². The van der Waals surface area contributed by atoms with Gasteiger partial charge >= 0.3 is 0 Å². The molecule has 6 nitrogen and oxygen atoms in total. The number of amides is 1. The summed E-state index contributed by atoms with van der Waals surface area (Å²) >= 11 is 0. The van der Waals surface area contributed by atoms with Gasteiger partial charge in [-0.2, -0.15) is 0 Å². The Bertz CT molecular complexity index is 589. The summed E-state index contributed by atoms with van der Waals surface area (Å²) in [5.74, 6) is -0.182. The zero-order valence-corrected chi connectivity index (χ0v) is 13.5. The molecule has 22 heavy (non-hydrogen) atoms. The van der Waals surface area contributed by atoms with Crippen LogP contribution in [0.3, 0.4) is 0 Å². The smallest absolute Gasteiger partial charge is 0.226 e. The van der Waals surface area contributed by atoms with Gasteiger partial charge in [-0.3, -0.25) is 15.6 Å². The number of nitrogens with one attached hydrogen (secondary N) is 3. The van der Waals surface area contributed by atoms with Crippen LogP contribution in [0.4, 0.5) is 0 Å². The Morgan fingerprint density at radius 2 is 2.00 bits per heavy atom. The van der Waals surface area contributed by atoms with Crippen LogP contribution in [0.5, 0.6) is 0 Å². The van der Waals surface area contributed by atoms with Crippen molar-refractivity contribution < 1.29 is 13.2 Å². The summed E-state index contributed by atoms with van der Waals surface area (Å²) in [4.78, 5) is 11.9. The van der Waals surface area contributed by atoms with E-state index in [0.29, 0.717) is 13.0 Å². The van der Waals surface area contributed by atoms with Crippen molar-refractivity contribution in [2.75, 3.05) is 24.6 Å². The third-order valence-corrected chi connectivity index (χ3v) is 5.50. The second-order valence-corrected chi connectivity index (χ2v) is 7.90. The van der Waals surface area contributed by atoms with Crippen molar-refractivity contribution in [3.05, 3.63) is 35.9 Å². The van der Waals surface area contributed by atoms with Crippen LogP contribution in [0.1, 0.15) is 12.5 Å². The quantitative estimate of drug-likeness (QED) is 0.650. The molecule has 1 aliphatic rings. The monoisotopic (exact) mass is 325 g/mol. The summed E-state index contributed by atoms with van der Waals surface area (Å²) in [6.45, 7) is 2.65. The highest BCUT2D eigenvalue weighted by molar-refractivity contribution is 7.91. The van der Waals surface area contributed by atoms with Crippen LogP contribution in [0.15, 0.2) is 30.3 Å². The van der Waals surface area contributed by atoms with Crippen molar-refractivity contribution in [3.8, 4) is 0 Å². The number of hydrogen-bond donors (Lipinski definition) is 3. The molecule has 1 saturated heterocycles. The highest BCUT2D eigenvalue weighted by atomic mass is 32.2. The molecule has 0 saturated carbocycles. The van der Waals surface area contributed by atoms with Gasteiger partial charge in [-0.1, -0.05) is 30.3 Å². The number of carbonyl (C=O) groups is 1. The maximum atomic E-state index is 12.0. The van der Waals surface area contributed by atoms with Crippen molar-refractivity contribution in [2.45, 2.75) is 19.4 Å². The van der Waals surface area contributed by atoms with Crippen LogP contribution >= 0.6 is 0 Å². The predicted molar refractivity (Wildman–Crippen MR) is 85.9 cm³/mol. The summed E-state index contributed by atoms with van der Waals surface area (Å²) in [7, 11) is -3.16. The minimum absolute atomic E-state index is 0.0203. The molecular weight excluding hydrogens is 302 g/mol. The number of hydrogen-bond acceptors (Lipinski definition) is 5. The van der Waals surface area contributed by atoms with Crippen molar-refractivity contribution in [3.63, 3.8) is 0 Å². The molecular formula is C15H23N3O3S. The van der Waals surface area contributed by atoms with Crippen LogP contribution in [-0.4, -0.2) is 45.0 Å². The minimum Gasteiger partial charge on any atom is -0.355 e. The molecule has 0 bridgehead atoms. The zero-order valence-electron chi connectivity index (χ0n) is 12.7. The Balaban J connectivity index is 1.72. The van der Waals surface area contributed by atoms with Crippen molar-refractivity contribution in [1.82, 2.24) is 16.2 Å². The second kappa shape index (κ2) is 7.71. The fourth-order valence-corrected chi connectivity index (χ4v) is 3.57. The lowest BCUT2D eigenvalue weighted by molar-refractivity contribution is -0.124. The van der Waals surface area contributed by atoms with E-state index in [4.69, 9.17) is 0 Å². The molecule has 7 heteroatoms. The van der Waals surface area contributed by atoms with Gasteiger partial charge < -0.3 is 5.32 Å². The first kappa shape index (κ1) is 16.9. The molecule has 0 aromatic heterocycles. The first-order valence-corrected chi connectivity index (χ1v) is 9.30. The second-order valence-electron chi connectivity index (χ2n) is 5.60. The van der Waals surface area contributed by atoms with Crippen LogP contribution in [0, 0.1) is 5.92 Å². The average Bonchev–Trinajstić information content (AvgIpc) is 2.92. The predicted octanol–water partition coefficient (Wildman–Crippen LogP) is -0.127. The Kier molecular flexibility index (Phi) is 5.93. The highest BCUT2D eigenvalue weighted by Crippen LogP contribution is 2.07. The molecule has 3 N–H and O–H groups in total. The topological polar surface area (TPSA) is 87.3 Å². The average molecular weight is 325 g/mol. The van der Waals surface area contributed by atoms with E-state index in [-0.39, 0.29) is 35.9 Å².